The Morgan fingerprint density at radius 2 is 1.05 bits per heavy atom. The molecule has 0 saturated carbocycles. The Kier molecular flexibility index (Phi) is 31.5. The smallest absolute Gasteiger partial charge is 0.457 e. The monoisotopic (exact) mass is 621 g/mol. The third-order valence-corrected chi connectivity index (χ3v) is 8.51. The van der Waals surface area contributed by atoms with Crippen molar-refractivity contribution in [1.82, 2.24) is 0 Å². The quantitative estimate of drug-likeness (QED) is 0.0414. The molecule has 0 spiro atoms. The standard InChI is InChI=1S/C33H68NO7P/c1-3-5-7-9-11-13-15-16-18-20-22-24-26-33(35)41-32(31-40-42(36,37)39-29-27-34)30-38-28-25-23-21-19-17-14-12-10-8-6-4-2/h32H,3-31,34H2,1-2H3,(H,36,37). The van der Waals surface area contributed by atoms with Crippen LogP contribution in [0.3, 0.4) is 0 Å². The van der Waals surface area contributed by atoms with Crippen molar-refractivity contribution >= 4 is 13.8 Å². The molecule has 0 radical (unpaired) electrons. The number of hydrogen-bond acceptors (Lipinski definition) is 7. The minimum atomic E-state index is -4.25. The summed E-state index contributed by atoms with van der Waals surface area (Å²) >= 11 is 0. The van der Waals surface area contributed by atoms with Gasteiger partial charge in [0.25, 0.3) is 0 Å². The van der Waals surface area contributed by atoms with Gasteiger partial charge in [-0.2, -0.15) is 0 Å². The number of rotatable bonds is 34. The third-order valence-electron chi connectivity index (χ3n) is 7.52. The normalized spacial score (nSPS) is 13.7. The van der Waals surface area contributed by atoms with E-state index in [1.54, 1.807) is 0 Å². The summed E-state index contributed by atoms with van der Waals surface area (Å²) in [6.07, 6.45) is 28.2. The van der Waals surface area contributed by atoms with Gasteiger partial charge in [-0.3, -0.25) is 13.8 Å². The van der Waals surface area contributed by atoms with Crippen molar-refractivity contribution in [3.05, 3.63) is 0 Å². The van der Waals surface area contributed by atoms with Crippen LogP contribution in [0.15, 0.2) is 0 Å². The number of ether oxygens (including phenoxy) is 2. The summed E-state index contributed by atoms with van der Waals surface area (Å²) < 4.78 is 33.2. The van der Waals surface area contributed by atoms with E-state index >= 15 is 0 Å². The number of phosphoric acid groups is 1. The molecule has 42 heavy (non-hydrogen) atoms. The molecule has 0 aliphatic carbocycles. The van der Waals surface area contributed by atoms with E-state index in [0.29, 0.717) is 13.0 Å². The fourth-order valence-corrected chi connectivity index (χ4v) is 5.70. The highest BCUT2D eigenvalue weighted by Gasteiger charge is 2.25. The molecule has 0 aromatic rings. The van der Waals surface area contributed by atoms with Gasteiger partial charge in [0.1, 0.15) is 6.10 Å². The van der Waals surface area contributed by atoms with Gasteiger partial charge in [-0.15, -0.1) is 0 Å². The molecule has 0 aromatic heterocycles. The Morgan fingerprint density at radius 3 is 1.50 bits per heavy atom. The maximum absolute atomic E-state index is 12.5. The Balaban J connectivity index is 4.10. The summed E-state index contributed by atoms with van der Waals surface area (Å²) in [5, 5.41) is 0. The van der Waals surface area contributed by atoms with Gasteiger partial charge >= 0.3 is 13.8 Å². The Hall–Kier alpha value is -0.500. The second-order valence-corrected chi connectivity index (χ2v) is 13.2. The first kappa shape index (κ1) is 41.5. The van der Waals surface area contributed by atoms with Crippen LogP contribution in [0.4, 0.5) is 0 Å². The molecule has 9 heteroatoms. The molecule has 0 amide bonds. The van der Waals surface area contributed by atoms with Crippen molar-refractivity contribution in [2.75, 3.05) is 33.0 Å². The zero-order valence-electron chi connectivity index (χ0n) is 27.5. The van der Waals surface area contributed by atoms with E-state index in [1.165, 1.54) is 116 Å². The molecule has 2 atom stereocenters. The maximum Gasteiger partial charge on any atom is 0.472 e. The highest BCUT2D eigenvalue weighted by molar-refractivity contribution is 7.47. The van der Waals surface area contributed by atoms with E-state index in [-0.39, 0.29) is 32.3 Å². The molecule has 0 fully saturated rings. The molecule has 252 valence electrons. The van der Waals surface area contributed by atoms with Crippen LogP contribution in [-0.4, -0.2) is 49.9 Å². The summed E-state index contributed by atoms with van der Waals surface area (Å²) in [6.45, 7) is 4.93. The topological polar surface area (TPSA) is 117 Å². The van der Waals surface area contributed by atoms with Crippen LogP contribution in [0.25, 0.3) is 0 Å². The SMILES string of the molecule is CCCCCCCCCCCCCCC(=O)OC(COCCCCCCCCCCCCC)COP(=O)(O)OCCN. The summed E-state index contributed by atoms with van der Waals surface area (Å²) in [7, 11) is -4.25. The number of carbonyl (C=O) groups excluding carboxylic acids is 1. The first-order chi connectivity index (χ1) is 20.4. The minimum absolute atomic E-state index is 0.0907. The number of carbonyl (C=O) groups is 1. The summed E-state index contributed by atoms with van der Waals surface area (Å²) in [5.41, 5.74) is 5.34. The molecule has 0 aromatic carbocycles. The van der Waals surface area contributed by atoms with Gasteiger partial charge in [0.2, 0.25) is 0 Å². The van der Waals surface area contributed by atoms with Crippen molar-refractivity contribution in [2.24, 2.45) is 5.73 Å². The molecule has 8 nitrogen and oxygen atoms in total. The molecular weight excluding hydrogens is 553 g/mol. The third kappa shape index (κ3) is 30.9. The van der Waals surface area contributed by atoms with Gasteiger partial charge in [0.15, 0.2) is 0 Å². The van der Waals surface area contributed by atoms with Gasteiger partial charge in [-0.05, 0) is 12.8 Å². The summed E-state index contributed by atoms with van der Waals surface area (Å²) in [5.74, 6) is -0.329. The average molecular weight is 622 g/mol. The molecule has 0 heterocycles. The number of phosphoric ester groups is 1. The summed E-state index contributed by atoms with van der Waals surface area (Å²) in [6, 6.07) is 0. The van der Waals surface area contributed by atoms with E-state index in [1.807, 2.05) is 0 Å². The van der Waals surface area contributed by atoms with Gasteiger partial charge < -0.3 is 20.1 Å². The van der Waals surface area contributed by atoms with E-state index < -0.39 is 13.9 Å². The molecule has 0 bridgehead atoms. The van der Waals surface area contributed by atoms with Crippen LogP contribution in [0.1, 0.15) is 168 Å². The second-order valence-electron chi connectivity index (χ2n) is 11.7. The predicted octanol–water partition coefficient (Wildman–Crippen LogP) is 9.41. The van der Waals surface area contributed by atoms with Crippen molar-refractivity contribution in [2.45, 2.75) is 174 Å². The molecule has 0 saturated heterocycles. The van der Waals surface area contributed by atoms with Gasteiger partial charge in [0.05, 0.1) is 19.8 Å². The largest absolute Gasteiger partial charge is 0.472 e. The predicted molar refractivity (Wildman–Crippen MR) is 174 cm³/mol. The molecule has 0 rings (SSSR count). The Morgan fingerprint density at radius 1 is 0.619 bits per heavy atom. The number of nitrogens with two attached hydrogens (primary N) is 1. The van der Waals surface area contributed by atoms with Crippen molar-refractivity contribution in [3.8, 4) is 0 Å². The Labute approximate surface area is 259 Å². The second kappa shape index (κ2) is 31.9. The summed E-state index contributed by atoms with van der Waals surface area (Å²) in [4.78, 5) is 22.3. The zero-order valence-corrected chi connectivity index (χ0v) is 28.4. The molecule has 2 unspecified atom stereocenters. The van der Waals surface area contributed by atoms with Gasteiger partial charge in [0, 0.05) is 19.6 Å². The Bertz CT molecular complexity index is 623. The number of esters is 1. The highest BCUT2D eigenvalue weighted by atomic mass is 31.2. The molecule has 0 aliphatic heterocycles. The number of hydrogen-bond donors (Lipinski definition) is 2. The highest BCUT2D eigenvalue weighted by Crippen LogP contribution is 2.43. The van der Waals surface area contributed by atoms with Crippen LogP contribution in [0, 0.1) is 0 Å². The fraction of sp³-hybridized carbons (Fsp3) is 0.970. The molecule has 0 aliphatic rings. The lowest BCUT2D eigenvalue weighted by molar-refractivity contribution is -0.154. The van der Waals surface area contributed by atoms with E-state index in [9.17, 15) is 14.3 Å². The van der Waals surface area contributed by atoms with Crippen molar-refractivity contribution in [1.29, 1.82) is 0 Å². The number of unbranched alkanes of at least 4 members (excludes halogenated alkanes) is 21. The fourth-order valence-electron chi connectivity index (χ4n) is 4.94. The molecular formula is C33H68NO7P. The molecule has 3 N–H and O–H groups in total. The minimum Gasteiger partial charge on any atom is -0.457 e. The lowest BCUT2D eigenvalue weighted by atomic mass is 10.0. The van der Waals surface area contributed by atoms with Crippen LogP contribution in [0.5, 0.6) is 0 Å². The van der Waals surface area contributed by atoms with Gasteiger partial charge in [-0.1, -0.05) is 149 Å². The van der Waals surface area contributed by atoms with E-state index in [4.69, 9.17) is 24.3 Å². The van der Waals surface area contributed by atoms with E-state index in [2.05, 4.69) is 13.8 Å². The van der Waals surface area contributed by atoms with E-state index in [0.717, 1.165) is 32.1 Å². The van der Waals surface area contributed by atoms with Crippen LogP contribution in [0.2, 0.25) is 0 Å². The first-order valence-electron chi connectivity index (χ1n) is 17.5. The maximum atomic E-state index is 12.5. The average Bonchev–Trinajstić information content (AvgIpc) is 2.97. The van der Waals surface area contributed by atoms with Gasteiger partial charge in [-0.25, -0.2) is 4.57 Å². The van der Waals surface area contributed by atoms with Crippen molar-refractivity contribution < 1.29 is 32.8 Å². The first-order valence-corrected chi connectivity index (χ1v) is 19.0. The lowest BCUT2D eigenvalue weighted by Gasteiger charge is -2.20. The van der Waals surface area contributed by atoms with Crippen LogP contribution < -0.4 is 5.73 Å². The van der Waals surface area contributed by atoms with Crippen LogP contribution >= 0.6 is 7.82 Å². The van der Waals surface area contributed by atoms with Crippen LogP contribution in [-0.2, 0) is 27.9 Å². The lowest BCUT2D eigenvalue weighted by Crippen LogP contribution is -2.28. The van der Waals surface area contributed by atoms with Crippen molar-refractivity contribution in [3.63, 3.8) is 0 Å². The zero-order chi connectivity index (χ0) is 31.0.